The number of Topliss-reactive ketones (excluding diaryl/α,β-unsaturated/α-hetero) is 1. The van der Waals surface area contributed by atoms with E-state index in [9.17, 15) is 19.8 Å². The summed E-state index contributed by atoms with van der Waals surface area (Å²) in [6.45, 7) is 5.64. The van der Waals surface area contributed by atoms with Crippen LogP contribution in [0.25, 0.3) is 0 Å². The molecule has 0 saturated heterocycles. The van der Waals surface area contributed by atoms with Gasteiger partial charge in [-0.1, -0.05) is 19.9 Å². The van der Waals surface area contributed by atoms with E-state index in [0.29, 0.717) is 25.0 Å². The fraction of sp³-hybridized carbons (Fsp3) is 0.529. The van der Waals surface area contributed by atoms with Crippen LogP contribution in [0, 0.1) is 5.92 Å². The van der Waals surface area contributed by atoms with Crippen LogP contribution in [-0.2, 0) is 14.3 Å². The quantitative estimate of drug-likeness (QED) is 0.721. The van der Waals surface area contributed by atoms with Crippen LogP contribution in [0.3, 0.4) is 0 Å². The number of ketones is 1. The molecule has 0 aliphatic rings. The summed E-state index contributed by atoms with van der Waals surface area (Å²) in [5.41, 5.74) is 0.698. The number of phenols is 2. The van der Waals surface area contributed by atoms with Crippen molar-refractivity contribution < 1.29 is 24.5 Å². The van der Waals surface area contributed by atoms with Crippen LogP contribution in [0.5, 0.6) is 11.5 Å². The van der Waals surface area contributed by atoms with E-state index >= 15 is 0 Å². The molecule has 0 bridgehead atoms. The molecule has 0 saturated carbocycles. The largest absolute Gasteiger partial charge is 0.508 e. The van der Waals surface area contributed by atoms with Gasteiger partial charge in [0.05, 0.1) is 12.5 Å². The van der Waals surface area contributed by atoms with Gasteiger partial charge in [0, 0.05) is 18.9 Å². The van der Waals surface area contributed by atoms with Crippen molar-refractivity contribution in [2.24, 2.45) is 5.92 Å². The van der Waals surface area contributed by atoms with Gasteiger partial charge in [0.2, 0.25) is 0 Å². The van der Waals surface area contributed by atoms with E-state index < -0.39 is 5.92 Å². The van der Waals surface area contributed by atoms with Gasteiger partial charge in [-0.25, -0.2) is 0 Å². The monoisotopic (exact) mass is 308 g/mol. The van der Waals surface area contributed by atoms with Gasteiger partial charge in [-0.05, 0) is 30.9 Å². The van der Waals surface area contributed by atoms with Gasteiger partial charge in [-0.2, -0.15) is 0 Å². The number of carbonyl (C=O) groups excluding carboxylic acids is 2. The third kappa shape index (κ3) is 5.39. The molecule has 0 spiro atoms. The maximum Gasteiger partial charge on any atom is 0.309 e. The zero-order valence-electron chi connectivity index (χ0n) is 13.3. The van der Waals surface area contributed by atoms with Gasteiger partial charge >= 0.3 is 5.97 Å². The molecule has 0 aliphatic carbocycles. The average Bonchev–Trinajstić information content (AvgIpc) is 2.45. The normalized spacial score (nSPS) is 13.4. The van der Waals surface area contributed by atoms with Crippen molar-refractivity contribution in [3.63, 3.8) is 0 Å². The van der Waals surface area contributed by atoms with E-state index in [4.69, 9.17) is 4.74 Å². The van der Waals surface area contributed by atoms with Crippen LogP contribution >= 0.6 is 0 Å². The average molecular weight is 308 g/mol. The fourth-order valence-corrected chi connectivity index (χ4v) is 2.29. The van der Waals surface area contributed by atoms with E-state index in [-0.39, 0.29) is 35.6 Å². The summed E-state index contributed by atoms with van der Waals surface area (Å²) in [5, 5.41) is 19.1. The van der Waals surface area contributed by atoms with Gasteiger partial charge in [0.15, 0.2) is 0 Å². The number of rotatable bonds is 8. The molecule has 5 heteroatoms. The number of ether oxygens (including phenoxy) is 1. The highest BCUT2D eigenvalue weighted by molar-refractivity contribution is 5.84. The minimum absolute atomic E-state index is 0.00525. The van der Waals surface area contributed by atoms with Crippen molar-refractivity contribution in [3.05, 3.63) is 23.8 Å². The van der Waals surface area contributed by atoms with Crippen molar-refractivity contribution >= 4 is 11.8 Å². The van der Waals surface area contributed by atoms with Crippen LogP contribution in [0.1, 0.15) is 51.5 Å². The molecule has 2 atom stereocenters. The Balaban J connectivity index is 2.48. The Hall–Kier alpha value is -2.04. The lowest BCUT2D eigenvalue weighted by Gasteiger charge is -2.14. The Labute approximate surface area is 130 Å². The number of aromatic hydroxyl groups is 2. The molecule has 122 valence electrons. The lowest BCUT2D eigenvalue weighted by Crippen LogP contribution is -2.18. The lowest BCUT2D eigenvalue weighted by molar-refractivity contribution is -0.148. The standard InChI is InChI=1S/C17H24O5/c1-4-22-17(21)12(3)9-13(18)6-5-11(2)15-8-7-14(19)10-16(15)20/h7-8,10-12,19-20H,4-6,9H2,1-3H3/t11?,12-/m1/s1. The number of hydrogen-bond acceptors (Lipinski definition) is 5. The van der Waals surface area contributed by atoms with Crippen LogP contribution < -0.4 is 0 Å². The van der Waals surface area contributed by atoms with Gasteiger partial charge in [-0.15, -0.1) is 0 Å². The van der Waals surface area contributed by atoms with Crippen LogP contribution in [-0.4, -0.2) is 28.6 Å². The molecule has 5 nitrogen and oxygen atoms in total. The van der Waals surface area contributed by atoms with E-state index in [1.165, 1.54) is 12.1 Å². The molecular weight excluding hydrogens is 284 g/mol. The molecule has 0 amide bonds. The van der Waals surface area contributed by atoms with Gasteiger partial charge in [0.1, 0.15) is 17.3 Å². The van der Waals surface area contributed by atoms with Crippen LogP contribution in [0.4, 0.5) is 0 Å². The minimum Gasteiger partial charge on any atom is -0.508 e. The number of hydrogen-bond donors (Lipinski definition) is 2. The maximum absolute atomic E-state index is 11.9. The highest BCUT2D eigenvalue weighted by Gasteiger charge is 2.19. The van der Waals surface area contributed by atoms with Crippen LogP contribution in [0.2, 0.25) is 0 Å². The Bertz CT molecular complexity index is 524. The molecular formula is C17H24O5. The van der Waals surface area contributed by atoms with E-state index in [2.05, 4.69) is 0 Å². The van der Waals surface area contributed by atoms with E-state index in [1.807, 2.05) is 6.92 Å². The molecule has 1 unspecified atom stereocenters. The summed E-state index contributed by atoms with van der Waals surface area (Å²) in [6.07, 6.45) is 1.09. The third-order valence-electron chi connectivity index (χ3n) is 3.62. The molecule has 1 aromatic rings. The second-order valence-electron chi connectivity index (χ2n) is 5.58. The second kappa shape index (κ2) is 8.41. The molecule has 2 N–H and O–H groups in total. The first-order valence-corrected chi connectivity index (χ1v) is 7.55. The first-order valence-electron chi connectivity index (χ1n) is 7.55. The Kier molecular flexibility index (Phi) is 6.89. The summed E-state index contributed by atoms with van der Waals surface area (Å²) in [4.78, 5) is 23.4. The third-order valence-corrected chi connectivity index (χ3v) is 3.62. The SMILES string of the molecule is CCOC(=O)[C@H](C)CC(=O)CCC(C)c1ccc(O)cc1O. The minimum atomic E-state index is -0.426. The van der Waals surface area contributed by atoms with Crippen molar-refractivity contribution in [3.8, 4) is 11.5 Å². The Morgan fingerprint density at radius 1 is 1.23 bits per heavy atom. The highest BCUT2D eigenvalue weighted by atomic mass is 16.5. The van der Waals surface area contributed by atoms with Crippen molar-refractivity contribution in [2.75, 3.05) is 6.61 Å². The van der Waals surface area contributed by atoms with Crippen molar-refractivity contribution in [1.82, 2.24) is 0 Å². The summed E-state index contributed by atoms with van der Waals surface area (Å²) in [7, 11) is 0. The lowest BCUT2D eigenvalue weighted by atomic mass is 9.92. The number of esters is 1. The number of benzene rings is 1. The predicted molar refractivity (Wildman–Crippen MR) is 82.8 cm³/mol. The Morgan fingerprint density at radius 2 is 1.91 bits per heavy atom. The smallest absolute Gasteiger partial charge is 0.309 e. The van der Waals surface area contributed by atoms with Crippen LogP contribution in [0.15, 0.2) is 18.2 Å². The second-order valence-corrected chi connectivity index (χ2v) is 5.58. The zero-order chi connectivity index (χ0) is 16.7. The van der Waals surface area contributed by atoms with Gasteiger partial charge < -0.3 is 14.9 Å². The molecule has 22 heavy (non-hydrogen) atoms. The Morgan fingerprint density at radius 3 is 2.50 bits per heavy atom. The highest BCUT2D eigenvalue weighted by Crippen LogP contribution is 2.31. The molecule has 1 rings (SSSR count). The molecule has 1 aromatic carbocycles. The van der Waals surface area contributed by atoms with Gasteiger partial charge in [0.25, 0.3) is 0 Å². The fourth-order valence-electron chi connectivity index (χ4n) is 2.29. The van der Waals surface area contributed by atoms with Crippen molar-refractivity contribution in [1.29, 1.82) is 0 Å². The topological polar surface area (TPSA) is 83.8 Å². The van der Waals surface area contributed by atoms with E-state index in [0.717, 1.165) is 0 Å². The summed E-state index contributed by atoms with van der Waals surface area (Å²) < 4.78 is 4.88. The maximum atomic E-state index is 11.9. The molecule has 0 aliphatic heterocycles. The van der Waals surface area contributed by atoms with E-state index in [1.54, 1.807) is 19.9 Å². The molecule has 0 fully saturated rings. The number of phenolic OH excluding ortho intramolecular Hbond substituents is 2. The predicted octanol–water partition coefficient (Wildman–Crippen LogP) is 3.14. The molecule has 0 radical (unpaired) electrons. The first-order chi connectivity index (χ1) is 10.3. The van der Waals surface area contributed by atoms with Crippen molar-refractivity contribution in [2.45, 2.75) is 46.0 Å². The summed E-state index contributed by atoms with van der Waals surface area (Å²) in [5.74, 6) is -0.745. The summed E-state index contributed by atoms with van der Waals surface area (Å²) in [6, 6.07) is 4.45. The summed E-state index contributed by atoms with van der Waals surface area (Å²) >= 11 is 0. The number of carbonyl (C=O) groups is 2. The zero-order valence-corrected chi connectivity index (χ0v) is 13.3. The molecule has 0 aromatic heterocycles. The van der Waals surface area contributed by atoms with Gasteiger partial charge in [-0.3, -0.25) is 9.59 Å². The molecule has 0 heterocycles. The first kappa shape index (κ1) is 18.0.